The molecular formula is C8H8N2O. The molecule has 0 unspecified atom stereocenters. The van der Waals surface area contributed by atoms with E-state index in [1.54, 1.807) is 6.20 Å². The van der Waals surface area contributed by atoms with Gasteiger partial charge in [-0.2, -0.15) is 5.10 Å². The number of hydrogen-bond donors (Lipinski definition) is 1. The van der Waals surface area contributed by atoms with Gasteiger partial charge in [0.1, 0.15) is 0 Å². The lowest BCUT2D eigenvalue weighted by molar-refractivity contribution is 0.891. The van der Waals surface area contributed by atoms with E-state index in [0.29, 0.717) is 0 Å². The van der Waals surface area contributed by atoms with Crippen molar-refractivity contribution >= 4 is 6.08 Å². The lowest BCUT2D eigenvalue weighted by atomic mass is 10.0. The zero-order valence-corrected chi connectivity index (χ0v) is 6.00. The lowest BCUT2D eigenvalue weighted by Gasteiger charge is -2.05. The molecule has 1 heterocycles. The molecule has 11 heavy (non-hydrogen) atoms. The fraction of sp³-hybridized carbons (Fsp3) is 0.250. The van der Waals surface area contributed by atoms with Gasteiger partial charge in [-0.15, -0.1) is 0 Å². The molecule has 0 atom stereocenters. The molecule has 0 amide bonds. The molecule has 0 saturated heterocycles. The van der Waals surface area contributed by atoms with Crippen LogP contribution in [0.25, 0.3) is 6.08 Å². The number of H-pyrrole nitrogens is 1. The van der Waals surface area contributed by atoms with Gasteiger partial charge in [0.25, 0.3) is 5.56 Å². The van der Waals surface area contributed by atoms with E-state index < -0.39 is 0 Å². The summed E-state index contributed by atoms with van der Waals surface area (Å²) in [6, 6.07) is 0. The average molecular weight is 148 g/mol. The van der Waals surface area contributed by atoms with Crippen LogP contribution in [0.2, 0.25) is 0 Å². The highest BCUT2D eigenvalue weighted by molar-refractivity contribution is 5.53. The van der Waals surface area contributed by atoms with Gasteiger partial charge in [-0.25, -0.2) is 5.10 Å². The molecule has 1 aromatic heterocycles. The van der Waals surface area contributed by atoms with E-state index in [1.807, 2.05) is 6.08 Å². The monoisotopic (exact) mass is 148 g/mol. The van der Waals surface area contributed by atoms with E-state index in [1.165, 1.54) is 0 Å². The van der Waals surface area contributed by atoms with Crippen LogP contribution < -0.4 is 5.56 Å². The Morgan fingerprint density at radius 3 is 3.27 bits per heavy atom. The van der Waals surface area contributed by atoms with Crippen molar-refractivity contribution in [3.8, 4) is 0 Å². The van der Waals surface area contributed by atoms with Crippen molar-refractivity contribution in [3.63, 3.8) is 0 Å². The first-order valence-corrected chi connectivity index (χ1v) is 3.61. The summed E-state index contributed by atoms with van der Waals surface area (Å²) in [7, 11) is 0. The Morgan fingerprint density at radius 2 is 2.45 bits per heavy atom. The van der Waals surface area contributed by atoms with Gasteiger partial charge in [0.15, 0.2) is 0 Å². The number of aromatic nitrogens is 2. The second kappa shape index (κ2) is 2.34. The molecule has 1 aromatic rings. The van der Waals surface area contributed by atoms with Crippen molar-refractivity contribution in [2.75, 3.05) is 0 Å². The number of hydrogen-bond acceptors (Lipinski definition) is 2. The standard InChI is InChI=1S/C8H8N2O/c11-8-7-4-2-1-3-6(7)5-9-10-8/h1,3,5H,2,4H2,(H,10,11). The molecule has 0 saturated carbocycles. The molecule has 1 aliphatic rings. The lowest BCUT2D eigenvalue weighted by Crippen LogP contribution is -2.16. The minimum Gasteiger partial charge on any atom is -0.268 e. The fourth-order valence-corrected chi connectivity index (χ4v) is 1.28. The zero-order chi connectivity index (χ0) is 7.68. The van der Waals surface area contributed by atoms with Crippen LogP contribution in [0.1, 0.15) is 17.5 Å². The predicted molar refractivity (Wildman–Crippen MR) is 42.2 cm³/mol. The maximum Gasteiger partial charge on any atom is 0.267 e. The number of aromatic amines is 1. The number of fused-ring (bicyclic) bond motifs is 1. The van der Waals surface area contributed by atoms with Crippen molar-refractivity contribution in [3.05, 3.63) is 33.8 Å². The van der Waals surface area contributed by atoms with Crippen LogP contribution in [-0.2, 0) is 6.42 Å². The first kappa shape index (κ1) is 6.34. The van der Waals surface area contributed by atoms with E-state index in [9.17, 15) is 4.79 Å². The SMILES string of the molecule is O=c1[nH]ncc2c1CCC=C2. The molecule has 3 heteroatoms. The maximum atomic E-state index is 11.1. The Kier molecular flexibility index (Phi) is 1.35. The van der Waals surface area contributed by atoms with Crippen LogP contribution in [0.15, 0.2) is 17.1 Å². The summed E-state index contributed by atoms with van der Waals surface area (Å²) >= 11 is 0. The summed E-state index contributed by atoms with van der Waals surface area (Å²) in [5.41, 5.74) is 1.77. The van der Waals surface area contributed by atoms with Gasteiger partial charge < -0.3 is 0 Å². The molecule has 1 N–H and O–H groups in total. The number of rotatable bonds is 0. The molecule has 56 valence electrons. The highest BCUT2D eigenvalue weighted by atomic mass is 16.1. The molecule has 0 aliphatic heterocycles. The highest BCUT2D eigenvalue weighted by Gasteiger charge is 2.07. The largest absolute Gasteiger partial charge is 0.268 e. The second-order valence-electron chi connectivity index (χ2n) is 2.57. The third kappa shape index (κ3) is 0.981. The Hall–Kier alpha value is -1.38. The van der Waals surface area contributed by atoms with Crippen molar-refractivity contribution in [2.45, 2.75) is 12.8 Å². The van der Waals surface area contributed by atoms with Gasteiger partial charge >= 0.3 is 0 Å². The Balaban J connectivity index is 2.69. The van der Waals surface area contributed by atoms with Crippen LogP contribution in [0, 0.1) is 0 Å². The van der Waals surface area contributed by atoms with E-state index in [-0.39, 0.29) is 5.56 Å². The quantitative estimate of drug-likeness (QED) is 0.589. The topological polar surface area (TPSA) is 45.8 Å². The minimum atomic E-state index is -0.0492. The van der Waals surface area contributed by atoms with Crippen LogP contribution in [-0.4, -0.2) is 10.2 Å². The highest BCUT2D eigenvalue weighted by Crippen LogP contribution is 2.12. The van der Waals surface area contributed by atoms with Gasteiger partial charge in [0, 0.05) is 11.1 Å². The van der Waals surface area contributed by atoms with Gasteiger partial charge in [0.2, 0.25) is 0 Å². The minimum absolute atomic E-state index is 0.0492. The number of nitrogens with one attached hydrogen (secondary N) is 1. The second-order valence-corrected chi connectivity index (χ2v) is 2.57. The van der Waals surface area contributed by atoms with E-state index in [4.69, 9.17) is 0 Å². The first-order valence-electron chi connectivity index (χ1n) is 3.61. The molecule has 0 aromatic carbocycles. The summed E-state index contributed by atoms with van der Waals surface area (Å²) < 4.78 is 0. The van der Waals surface area contributed by atoms with Crippen molar-refractivity contribution < 1.29 is 0 Å². The molecule has 0 radical (unpaired) electrons. The zero-order valence-electron chi connectivity index (χ0n) is 6.00. The van der Waals surface area contributed by atoms with Crippen LogP contribution >= 0.6 is 0 Å². The van der Waals surface area contributed by atoms with Crippen LogP contribution in [0.3, 0.4) is 0 Å². The van der Waals surface area contributed by atoms with Gasteiger partial charge in [-0.1, -0.05) is 12.2 Å². The van der Waals surface area contributed by atoms with Crippen molar-refractivity contribution in [2.24, 2.45) is 0 Å². The summed E-state index contributed by atoms with van der Waals surface area (Å²) in [6.45, 7) is 0. The fourth-order valence-electron chi connectivity index (χ4n) is 1.28. The smallest absolute Gasteiger partial charge is 0.267 e. The number of allylic oxidation sites excluding steroid dienone is 1. The third-order valence-corrected chi connectivity index (χ3v) is 1.85. The van der Waals surface area contributed by atoms with Gasteiger partial charge in [0.05, 0.1) is 6.20 Å². The van der Waals surface area contributed by atoms with Crippen molar-refractivity contribution in [1.29, 1.82) is 0 Å². The third-order valence-electron chi connectivity index (χ3n) is 1.85. The van der Waals surface area contributed by atoms with E-state index >= 15 is 0 Å². The molecule has 0 fully saturated rings. The Labute approximate surface area is 63.8 Å². The molecule has 0 spiro atoms. The van der Waals surface area contributed by atoms with E-state index in [0.717, 1.165) is 24.0 Å². The predicted octanol–water partition coefficient (Wildman–Crippen LogP) is 0.729. The molecule has 2 rings (SSSR count). The summed E-state index contributed by atoms with van der Waals surface area (Å²) in [5, 5.41) is 6.13. The molecule has 0 bridgehead atoms. The normalized spacial score (nSPS) is 14.5. The molecule has 1 aliphatic carbocycles. The van der Waals surface area contributed by atoms with Gasteiger partial charge in [-0.05, 0) is 12.8 Å². The van der Waals surface area contributed by atoms with Gasteiger partial charge in [-0.3, -0.25) is 4.79 Å². The summed E-state index contributed by atoms with van der Waals surface area (Å²) in [4.78, 5) is 11.1. The van der Waals surface area contributed by atoms with Crippen LogP contribution in [0.5, 0.6) is 0 Å². The first-order chi connectivity index (χ1) is 5.38. The molecule has 3 nitrogen and oxygen atoms in total. The summed E-state index contributed by atoms with van der Waals surface area (Å²) in [6.07, 6.45) is 7.49. The van der Waals surface area contributed by atoms with Crippen molar-refractivity contribution in [1.82, 2.24) is 10.2 Å². The Morgan fingerprint density at radius 1 is 1.55 bits per heavy atom. The average Bonchev–Trinajstić information content (AvgIpc) is 2.06. The number of nitrogens with zero attached hydrogens (tertiary/aromatic N) is 1. The molecular weight excluding hydrogens is 140 g/mol. The summed E-state index contributed by atoms with van der Waals surface area (Å²) in [5.74, 6) is 0. The maximum absolute atomic E-state index is 11.1. The Bertz CT molecular complexity index is 351. The van der Waals surface area contributed by atoms with E-state index in [2.05, 4.69) is 16.3 Å². The van der Waals surface area contributed by atoms with Crippen LogP contribution in [0.4, 0.5) is 0 Å².